The van der Waals surface area contributed by atoms with Gasteiger partial charge in [0.15, 0.2) is 0 Å². The molecule has 33 heavy (non-hydrogen) atoms. The molecule has 0 fully saturated rings. The third-order valence-corrected chi connectivity index (χ3v) is 7.87. The molecule has 4 aromatic rings. The second-order valence-corrected chi connectivity index (χ2v) is 10.3. The summed E-state index contributed by atoms with van der Waals surface area (Å²) in [6.07, 6.45) is 0. The number of hydrogen-bond donors (Lipinski definition) is 1. The van der Waals surface area contributed by atoms with Crippen molar-refractivity contribution >= 4 is 31.2 Å². The zero-order chi connectivity index (χ0) is 23.5. The first kappa shape index (κ1) is 23.3. The van der Waals surface area contributed by atoms with Gasteiger partial charge in [0.1, 0.15) is 0 Å². The average molecular weight is 510 g/mol. The van der Waals surface area contributed by atoms with E-state index in [1.807, 2.05) is 19.1 Å². The fraction of sp³-hybridized carbons (Fsp3) is 0.308. The van der Waals surface area contributed by atoms with Gasteiger partial charge in [0.05, 0.1) is 0 Å². The van der Waals surface area contributed by atoms with E-state index in [1.54, 1.807) is 14.2 Å². The normalized spacial score (nSPS) is 12.2. The molecule has 6 nitrogen and oxygen atoms in total. The van der Waals surface area contributed by atoms with E-state index in [9.17, 15) is 0 Å². The quantitative estimate of drug-likeness (QED) is 0.341. The first-order valence-corrected chi connectivity index (χ1v) is 12.7. The molecule has 0 bridgehead atoms. The topological polar surface area (TPSA) is 59.5 Å². The van der Waals surface area contributed by atoms with Crippen molar-refractivity contribution in [1.29, 1.82) is 0 Å². The molecule has 2 aromatic carbocycles. The van der Waals surface area contributed by atoms with Gasteiger partial charge >= 0.3 is 201 Å². The summed E-state index contributed by atoms with van der Waals surface area (Å²) in [5.41, 5.74) is 4.81. The first-order valence-electron chi connectivity index (χ1n) is 10.9. The van der Waals surface area contributed by atoms with Crippen molar-refractivity contribution in [1.82, 2.24) is 14.9 Å². The fourth-order valence-electron chi connectivity index (χ4n) is 3.96. The van der Waals surface area contributed by atoms with E-state index in [0.717, 1.165) is 23.3 Å². The van der Waals surface area contributed by atoms with Gasteiger partial charge in [-0.15, -0.1) is 0 Å². The predicted octanol–water partition coefficient (Wildman–Crippen LogP) is 4.91. The van der Waals surface area contributed by atoms with Crippen LogP contribution in [0.25, 0.3) is 22.0 Å². The number of nitrogens with zero attached hydrogens (tertiary/aromatic N) is 3. The Labute approximate surface area is 201 Å². The zero-order valence-corrected chi connectivity index (χ0v) is 21.7. The van der Waals surface area contributed by atoms with Crippen molar-refractivity contribution in [2.75, 3.05) is 33.6 Å². The molecule has 0 aliphatic carbocycles. The van der Waals surface area contributed by atoms with Crippen LogP contribution in [-0.4, -0.2) is 57.7 Å². The minimum atomic E-state index is 0.144. The number of aromatic nitrogens is 2. The van der Waals surface area contributed by atoms with Gasteiger partial charge in [0.25, 0.3) is 0 Å². The fourth-order valence-corrected chi connectivity index (χ4v) is 5.88. The Morgan fingerprint density at radius 3 is 2.48 bits per heavy atom. The molecule has 0 aliphatic heterocycles. The molecular formula is C26H30N4O2Se. The molecular weight excluding hydrogens is 479 g/mol. The number of hydrogen-bond acceptors (Lipinski definition) is 6. The van der Waals surface area contributed by atoms with E-state index >= 15 is 0 Å². The van der Waals surface area contributed by atoms with Crippen molar-refractivity contribution in [3.63, 3.8) is 0 Å². The number of rotatable bonds is 8. The molecule has 2 aromatic heterocycles. The maximum atomic E-state index is 5.51. The molecule has 4 rings (SSSR count). The first-order chi connectivity index (χ1) is 15.9. The minimum absolute atomic E-state index is 0.144. The van der Waals surface area contributed by atoms with Crippen LogP contribution >= 0.6 is 0 Å². The number of anilines is 1. The number of benzene rings is 2. The molecule has 0 aliphatic rings. The van der Waals surface area contributed by atoms with E-state index in [0.29, 0.717) is 17.3 Å². The summed E-state index contributed by atoms with van der Waals surface area (Å²) in [6, 6.07) is 15.0. The van der Waals surface area contributed by atoms with Crippen molar-refractivity contribution in [3.05, 3.63) is 63.2 Å². The van der Waals surface area contributed by atoms with Crippen LogP contribution in [0.3, 0.4) is 0 Å². The Morgan fingerprint density at radius 1 is 1.03 bits per heavy atom. The summed E-state index contributed by atoms with van der Waals surface area (Å²) in [6.45, 7) is 5.03. The average Bonchev–Trinajstić information content (AvgIpc) is 3.28. The van der Waals surface area contributed by atoms with E-state index < -0.39 is 0 Å². The van der Waals surface area contributed by atoms with Crippen LogP contribution in [0.15, 0.2) is 47.4 Å². The number of ether oxygens (including phenoxy) is 2. The number of fused-ring (bicyclic) bond motifs is 1. The van der Waals surface area contributed by atoms with Gasteiger partial charge in [0.2, 0.25) is 0 Å². The number of methoxy groups -OCH3 is 2. The van der Waals surface area contributed by atoms with Crippen LogP contribution in [0.5, 0.6) is 11.5 Å². The Balaban J connectivity index is 1.65. The van der Waals surface area contributed by atoms with Gasteiger partial charge in [-0.05, 0) is 0 Å². The molecule has 2 heterocycles. The number of aryl methyl sites for hydroxylation is 1. The van der Waals surface area contributed by atoms with E-state index in [1.165, 1.54) is 21.1 Å². The second kappa shape index (κ2) is 9.96. The maximum absolute atomic E-state index is 5.51. The Kier molecular flexibility index (Phi) is 7.03. The summed E-state index contributed by atoms with van der Waals surface area (Å²) < 4.78 is 12.3. The van der Waals surface area contributed by atoms with Crippen molar-refractivity contribution in [3.8, 4) is 22.6 Å². The molecule has 0 spiro atoms. The summed E-state index contributed by atoms with van der Waals surface area (Å²) in [5.74, 6) is 2.85. The zero-order valence-electron chi connectivity index (χ0n) is 20.0. The van der Waals surface area contributed by atoms with Gasteiger partial charge in [0, 0.05) is 0 Å². The van der Waals surface area contributed by atoms with E-state index in [4.69, 9.17) is 14.5 Å². The van der Waals surface area contributed by atoms with Crippen LogP contribution in [-0.2, 0) is 6.54 Å². The van der Waals surface area contributed by atoms with Crippen molar-refractivity contribution in [2.45, 2.75) is 26.4 Å². The van der Waals surface area contributed by atoms with Gasteiger partial charge in [-0.25, -0.2) is 0 Å². The monoisotopic (exact) mass is 510 g/mol. The Bertz CT molecular complexity index is 1270. The molecule has 1 unspecified atom stereocenters. The summed E-state index contributed by atoms with van der Waals surface area (Å²) in [4.78, 5) is 13.9. The Morgan fingerprint density at radius 2 is 1.76 bits per heavy atom. The van der Waals surface area contributed by atoms with Crippen LogP contribution in [0, 0.1) is 6.92 Å². The van der Waals surface area contributed by atoms with E-state index in [2.05, 4.69) is 71.5 Å². The van der Waals surface area contributed by atoms with Crippen molar-refractivity contribution in [2.24, 2.45) is 0 Å². The van der Waals surface area contributed by atoms with Crippen LogP contribution in [0.2, 0.25) is 0 Å². The van der Waals surface area contributed by atoms with Crippen LogP contribution in [0.4, 0.5) is 5.82 Å². The van der Waals surface area contributed by atoms with Gasteiger partial charge in [-0.3, -0.25) is 0 Å². The van der Waals surface area contributed by atoms with E-state index in [-0.39, 0.29) is 20.5 Å². The molecule has 1 atom stereocenters. The molecule has 1 N–H and O–H groups in total. The summed E-state index contributed by atoms with van der Waals surface area (Å²) >= 11 is 0.283. The predicted molar refractivity (Wildman–Crippen MR) is 136 cm³/mol. The number of nitrogens with one attached hydrogen (secondary N) is 1. The third kappa shape index (κ3) is 5.06. The molecule has 7 heteroatoms. The molecule has 0 saturated carbocycles. The molecule has 172 valence electrons. The summed E-state index contributed by atoms with van der Waals surface area (Å²) in [5, 5.41) is 4.55. The van der Waals surface area contributed by atoms with Crippen LogP contribution < -0.4 is 14.8 Å². The summed E-state index contributed by atoms with van der Waals surface area (Å²) in [7, 11) is 7.49. The van der Waals surface area contributed by atoms with Gasteiger partial charge in [-0.2, -0.15) is 0 Å². The molecule has 0 amide bonds. The second-order valence-electron chi connectivity index (χ2n) is 8.34. The van der Waals surface area contributed by atoms with Gasteiger partial charge < -0.3 is 0 Å². The Hall–Kier alpha value is -2.86. The van der Waals surface area contributed by atoms with Crippen molar-refractivity contribution < 1.29 is 9.47 Å². The molecule has 0 radical (unpaired) electrons. The third-order valence-electron chi connectivity index (χ3n) is 5.53. The molecule has 0 saturated heterocycles. The van der Waals surface area contributed by atoms with Crippen LogP contribution in [0.1, 0.15) is 28.8 Å². The SMILES string of the molecule is COc1cc2nc(C)nc(NC(C)c3cc(-c4ccccc4CN(C)C)c[se]3)c2cc1OC. The van der Waals surface area contributed by atoms with Gasteiger partial charge in [-0.1, -0.05) is 0 Å². The standard InChI is InChI=1S/C26H30N4O2Se/c1-16(25-11-19(15-33-25)20-10-8-7-9-18(20)14-30(3)4)27-26-21-12-23(31-5)24(32-6)13-22(21)28-17(2)29-26/h7-13,15-16H,14H2,1-6H3,(H,27,28,29).